The highest BCUT2D eigenvalue weighted by Gasteiger charge is 2.24. The lowest BCUT2D eigenvalue weighted by atomic mass is 9.97. The maximum atomic E-state index is 4.63. The highest BCUT2D eigenvalue weighted by Crippen LogP contribution is 2.20. The smallest absolute Gasteiger partial charge is 0.205 e. The normalized spacial score (nSPS) is 22.2. The quantitative estimate of drug-likeness (QED) is 0.576. The molecule has 0 radical (unpaired) electrons. The number of anilines is 1. The van der Waals surface area contributed by atoms with E-state index in [-0.39, 0.29) is 0 Å². The first-order valence-electron chi connectivity index (χ1n) is 10.8. The number of aliphatic imine (C=N–C) groups is 1. The summed E-state index contributed by atoms with van der Waals surface area (Å²) in [5, 5.41) is 4.72. The van der Waals surface area contributed by atoms with Gasteiger partial charge in [0.05, 0.1) is 0 Å². The van der Waals surface area contributed by atoms with Crippen LogP contribution in [0.4, 0.5) is 5.13 Å². The summed E-state index contributed by atoms with van der Waals surface area (Å²) >= 11 is 1.53. The lowest BCUT2D eigenvalue weighted by molar-refractivity contribution is 0.159. The molecule has 0 bridgehead atoms. The highest BCUT2D eigenvalue weighted by atomic mass is 32.1. The molecule has 1 aromatic heterocycles. The minimum Gasteiger partial charge on any atom is -0.356 e. The number of aryl methyl sites for hydroxylation is 1. The van der Waals surface area contributed by atoms with E-state index in [1.165, 1.54) is 44.0 Å². The average molecular weight is 408 g/mol. The lowest BCUT2D eigenvalue weighted by Crippen LogP contribution is -2.53. The summed E-state index contributed by atoms with van der Waals surface area (Å²) in [6.45, 7) is 15.4. The molecule has 8 heteroatoms. The number of hydrogen-bond donors (Lipinski definition) is 1. The Morgan fingerprint density at radius 2 is 2.04 bits per heavy atom. The molecule has 158 valence electrons. The highest BCUT2D eigenvalue weighted by molar-refractivity contribution is 7.09. The second kappa shape index (κ2) is 10.4. The van der Waals surface area contributed by atoms with Gasteiger partial charge >= 0.3 is 0 Å². The van der Waals surface area contributed by atoms with E-state index in [0.717, 1.165) is 67.9 Å². The molecule has 0 aliphatic carbocycles. The fourth-order valence-electron chi connectivity index (χ4n) is 4.19. The standard InChI is InChI=1S/C20H37N7S/c1-5-18-23-20(28-24-18)27-11-9-26(10-12-27)19(21-4)22-13-17-7-6-8-25(15-17)14-16(2)3/h16-17H,5-15H2,1-4H3,(H,21,22). The molecule has 3 rings (SSSR count). The van der Waals surface area contributed by atoms with Gasteiger partial charge in [0.1, 0.15) is 5.82 Å². The second-order valence-electron chi connectivity index (χ2n) is 8.41. The molecule has 2 saturated heterocycles. The number of nitrogens with zero attached hydrogens (tertiary/aromatic N) is 6. The van der Waals surface area contributed by atoms with Crippen molar-refractivity contribution in [2.75, 3.05) is 64.3 Å². The van der Waals surface area contributed by atoms with E-state index in [4.69, 9.17) is 0 Å². The minimum absolute atomic E-state index is 0.722. The third-order valence-electron chi connectivity index (χ3n) is 5.61. The van der Waals surface area contributed by atoms with E-state index in [1.54, 1.807) is 0 Å². The zero-order valence-corrected chi connectivity index (χ0v) is 18.8. The Kier molecular flexibility index (Phi) is 7.91. The van der Waals surface area contributed by atoms with Gasteiger partial charge < -0.3 is 20.0 Å². The number of guanidine groups is 1. The predicted molar refractivity (Wildman–Crippen MR) is 118 cm³/mol. The van der Waals surface area contributed by atoms with Crippen LogP contribution in [0.5, 0.6) is 0 Å². The van der Waals surface area contributed by atoms with Gasteiger partial charge in [-0.25, -0.2) is 4.98 Å². The van der Waals surface area contributed by atoms with Gasteiger partial charge in [0, 0.05) is 70.8 Å². The lowest BCUT2D eigenvalue weighted by Gasteiger charge is -2.37. The molecular weight excluding hydrogens is 370 g/mol. The SMILES string of the molecule is CCc1nsc(N2CCN(C(=NC)NCC3CCCN(CC(C)C)C3)CC2)n1. The molecule has 1 aromatic rings. The summed E-state index contributed by atoms with van der Waals surface area (Å²) in [6, 6.07) is 0. The summed E-state index contributed by atoms with van der Waals surface area (Å²) < 4.78 is 4.42. The summed E-state index contributed by atoms with van der Waals surface area (Å²) in [7, 11) is 1.90. The van der Waals surface area contributed by atoms with Crippen molar-refractivity contribution in [2.45, 2.75) is 40.0 Å². The van der Waals surface area contributed by atoms with E-state index in [2.05, 4.69) is 55.1 Å². The molecule has 1 unspecified atom stereocenters. The van der Waals surface area contributed by atoms with Gasteiger partial charge in [0.2, 0.25) is 5.13 Å². The molecule has 3 heterocycles. The average Bonchev–Trinajstić information content (AvgIpc) is 3.18. The number of piperazine rings is 1. The first-order chi connectivity index (χ1) is 13.6. The van der Waals surface area contributed by atoms with Crippen molar-refractivity contribution in [3.8, 4) is 0 Å². The number of rotatable bonds is 6. The summed E-state index contributed by atoms with van der Waals surface area (Å²) in [5.41, 5.74) is 0. The van der Waals surface area contributed by atoms with Gasteiger partial charge in [0.15, 0.2) is 5.96 Å². The van der Waals surface area contributed by atoms with Crippen LogP contribution in [0, 0.1) is 11.8 Å². The van der Waals surface area contributed by atoms with Gasteiger partial charge in [-0.05, 0) is 31.2 Å². The van der Waals surface area contributed by atoms with Crippen molar-refractivity contribution in [2.24, 2.45) is 16.8 Å². The fourth-order valence-corrected chi connectivity index (χ4v) is 5.00. The van der Waals surface area contributed by atoms with E-state index in [1.807, 2.05) is 7.05 Å². The van der Waals surface area contributed by atoms with E-state index in [0.29, 0.717) is 0 Å². The number of nitrogens with one attached hydrogen (secondary N) is 1. The Balaban J connectivity index is 1.44. The van der Waals surface area contributed by atoms with Crippen LogP contribution in [0.25, 0.3) is 0 Å². The Hall–Kier alpha value is -1.41. The van der Waals surface area contributed by atoms with Gasteiger partial charge in [0.25, 0.3) is 0 Å². The molecule has 2 aliphatic heterocycles. The van der Waals surface area contributed by atoms with Crippen LogP contribution in [0.2, 0.25) is 0 Å². The van der Waals surface area contributed by atoms with Crippen LogP contribution in [0.3, 0.4) is 0 Å². The van der Waals surface area contributed by atoms with Gasteiger partial charge in [-0.3, -0.25) is 4.99 Å². The fraction of sp³-hybridized carbons (Fsp3) is 0.850. The van der Waals surface area contributed by atoms with Crippen LogP contribution in [-0.4, -0.2) is 84.5 Å². The molecular formula is C20H37N7S. The van der Waals surface area contributed by atoms with Gasteiger partial charge in [-0.15, -0.1) is 0 Å². The monoisotopic (exact) mass is 407 g/mol. The zero-order valence-electron chi connectivity index (χ0n) is 18.0. The third-order valence-corrected chi connectivity index (χ3v) is 6.43. The van der Waals surface area contributed by atoms with Crippen molar-refractivity contribution in [1.82, 2.24) is 24.5 Å². The number of hydrogen-bond acceptors (Lipinski definition) is 6. The number of aromatic nitrogens is 2. The molecule has 7 nitrogen and oxygen atoms in total. The molecule has 0 saturated carbocycles. The third kappa shape index (κ3) is 5.80. The molecule has 0 amide bonds. The zero-order chi connectivity index (χ0) is 19.9. The molecule has 1 N–H and O–H groups in total. The maximum Gasteiger partial charge on any atom is 0.205 e. The number of piperidine rings is 1. The topological polar surface area (TPSA) is 59.9 Å². The largest absolute Gasteiger partial charge is 0.356 e. The summed E-state index contributed by atoms with van der Waals surface area (Å²) in [6.07, 6.45) is 3.55. The van der Waals surface area contributed by atoms with Crippen LogP contribution in [0.15, 0.2) is 4.99 Å². The van der Waals surface area contributed by atoms with Crippen LogP contribution in [0.1, 0.15) is 39.4 Å². The number of likely N-dealkylation sites (tertiary alicyclic amines) is 1. The van der Waals surface area contributed by atoms with E-state index < -0.39 is 0 Å². The molecule has 2 fully saturated rings. The van der Waals surface area contributed by atoms with Gasteiger partial charge in [-0.1, -0.05) is 20.8 Å². The maximum absolute atomic E-state index is 4.63. The molecule has 0 spiro atoms. The first kappa shape index (κ1) is 21.3. The second-order valence-corrected chi connectivity index (χ2v) is 9.14. The molecule has 0 aromatic carbocycles. The molecule has 28 heavy (non-hydrogen) atoms. The Labute approximate surface area is 174 Å². The summed E-state index contributed by atoms with van der Waals surface area (Å²) in [4.78, 5) is 16.6. The van der Waals surface area contributed by atoms with Crippen molar-refractivity contribution >= 4 is 22.6 Å². The first-order valence-corrected chi connectivity index (χ1v) is 11.6. The van der Waals surface area contributed by atoms with Crippen molar-refractivity contribution < 1.29 is 0 Å². The Morgan fingerprint density at radius 1 is 1.25 bits per heavy atom. The van der Waals surface area contributed by atoms with Crippen LogP contribution in [-0.2, 0) is 6.42 Å². The van der Waals surface area contributed by atoms with Crippen molar-refractivity contribution in [3.63, 3.8) is 0 Å². The van der Waals surface area contributed by atoms with Crippen LogP contribution < -0.4 is 10.2 Å². The van der Waals surface area contributed by atoms with E-state index >= 15 is 0 Å². The Morgan fingerprint density at radius 3 is 2.68 bits per heavy atom. The summed E-state index contributed by atoms with van der Waals surface area (Å²) in [5.74, 6) is 3.47. The predicted octanol–water partition coefficient (Wildman–Crippen LogP) is 2.17. The van der Waals surface area contributed by atoms with Crippen LogP contribution >= 0.6 is 11.5 Å². The Bertz CT molecular complexity index is 622. The minimum atomic E-state index is 0.722. The van der Waals surface area contributed by atoms with Gasteiger partial charge in [-0.2, -0.15) is 4.37 Å². The molecule has 2 aliphatic rings. The van der Waals surface area contributed by atoms with Crippen molar-refractivity contribution in [3.05, 3.63) is 5.82 Å². The van der Waals surface area contributed by atoms with E-state index in [9.17, 15) is 0 Å². The van der Waals surface area contributed by atoms with Crippen molar-refractivity contribution in [1.29, 1.82) is 0 Å². The molecule has 1 atom stereocenters.